The van der Waals surface area contributed by atoms with Gasteiger partial charge in [0, 0.05) is 5.56 Å². The van der Waals surface area contributed by atoms with Gasteiger partial charge in [0.15, 0.2) is 0 Å². The lowest BCUT2D eigenvalue weighted by atomic mass is 10.0. The summed E-state index contributed by atoms with van der Waals surface area (Å²) in [4.78, 5) is 0. The number of rotatable bonds is 4. The number of hydrogen-bond donors (Lipinski definition) is 2. The van der Waals surface area contributed by atoms with Gasteiger partial charge in [-0.05, 0) is 25.1 Å². The van der Waals surface area contributed by atoms with Crippen molar-refractivity contribution in [3.63, 3.8) is 0 Å². The van der Waals surface area contributed by atoms with Crippen molar-refractivity contribution in [3.8, 4) is 11.5 Å². The molecule has 0 spiro atoms. The molecule has 2 atom stereocenters. The van der Waals surface area contributed by atoms with Crippen LogP contribution in [0.15, 0.2) is 18.2 Å². The molecule has 0 fully saturated rings. The van der Waals surface area contributed by atoms with Crippen LogP contribution in [-0.4, -0.2) is 25.4 Å². The predicted molar refractivity (Wildman–Crippen MR) is 56.9 cm³/mol. The van der Waals surface area contributed by atoms with E-state index in [9.17, 15) is 5.11 Å². The molecule has 0 heterocycles. The van der Waals surface area contributed by atoms with Crippen LogP contribution in [0.3, 0.4) is 0 Å². The van der Waals surface area contributed by atoms with Crippen LogP contribution in [0.25, 0.3) is 0 Å². The summed E-state index contributed by atoms with van der Waals surface area (Å²) >= 11 is 0. The molecule has 0 radical (unpaired) electrons. The summed E-state index contributed by atoms with van der Waals surface area (Å²) in [5.74, 6) is 1.35. The third-order valence-corrected chi connectivity index (χ3v) is 2.29. The minimum Gasteiger partial charge on any atom is -0.497 e. The van der Waals surface area contributed by atoms with Crippen molar-refractivity contribution < 1.29 is 20.3 Å². The Labute approximate surface area is 89.6 Å². The van der Waals surface area contributed by atoms with E-state index in [1.807, 2.05) is 6.92 Å². The molecule has 1 rings (SSSR count). The van der Waals surface area contributed by atoms with Crippen molar-refractivity contribution in [3.05, 3.63) is 23.8 Å². The highest BCUT2D eigenvalue weighted by Gasteiger charge is 2.20. The van der Waals surface area contributed by atoms with Gasteiger partial charge < -0.3 is 20.3 Å². The van der Waals surface area contributed by atoms with Crippen molar-refractivity contribution in [1.82, 2.24) is 0 Å². The zero-order chi connectivity index (χ0) is 11.4. The average molecular weight is 212 g/mol. The number of methoxy groups -OCH3 is 2. The third-order valence-electron chi connectivity index (χ3n) is 2.29. The Morgan fingerprint density at radius 1 is 1.27 bits per heavy atom. The fourth-order valence-corrected chi connectivity index (χ4v) is 1.38. The van der Waals surface area contributed by atoms with Crippen LogP contribution in [0.2, 0.25) is 0 Å². The highest BCUT2D eigenvalue weighted by Crippen LogP contribution is 2.29. The van der Waals surface area contributed by atoms with E-state index in [4.69, 9.17) is 9.47 Å². The molecule has 4 N–H and O–H groups in total. The first-order valence-electron chi connectivity index (χ1n) is 4.83. The molecule has 0 saturated heterocycles. The molecule has 0 aromatic heterocycles. The van der Waals surface area contributed by atoms with E-state index in [-0.39, 0.29) is 6.04 Å². The molecule has 0 amide bonds. The van der Waals surface area contributed by atoms with E-state index in [1.165, 1.54) is 0 Å². The number of benzene rings is 1. The summed E-state index contributed by atoms with van der Waals surface area (Å²) in [7, 11) is 3.16. The van der Waals surface area contributed by atoms with Gasteiger partial charge in [0.1, 0.15) is 23.6 Å². The Hall–Kier alpha value is -1.26. The second kappa shape index (κ2) is 5.00. The van der Waals surface area contributed by atoms with Gasteiger partial charge in [-0.3, -0.25) is 0 Å². The van der Waals surface area contributed by atoms with Crippen LogP contribution < -0.4 is 15.2 Å². The van der Waals surface area contributed by atoms with Crippen LogP contribution in [-0.2, 0) is 0 Å². The predicted octanol–water partition coefficient (Wildman–Crippen LogP) is 0.368. The molecule has 4 heteroatoms. The van der Waals surface area contributed by atoms with E-state index in [0.717, 1.165) is 0 Å². The Morgan fingerprint density at radius 2 is 1.93 bits per heavy atom. The first-order chi connectivity index (χ1) is 7.10. The summed E-state index contributed by atoms with van der Waals surface area (Å²) in [5.41, 5.74) is 4.51. The molecule has 84 valence electrons. The molecule has 15 heavy (non-hydrogen) atoms. The van der Waals surface area contributed by atoms with Crippen molar-refractivity contribution >= 4 is 0 Å². The van der Waals surface area contributed by atoms with Crippen molar-refractivity contribution in [2.24, 2.45) is 0 Å². The third kappa shape index (κ3) is 2.61. The van der Waals surface area contributed by atoms with Gasteiger partial charge in [0.25, 0.3) is 0 Å². The second-order valence-corrected chi connectivity index (χ2v) is 3.53. The number of ether oxygens (including phenoxy) is 2. The van der Waals surface area contributed by atoms with Crippen LogP contribution in [0.4, 0.5) is 0 Å². The molecular formula is C11H18NO3+. The van der Waals surface area contributed by atoms with Gasteiger partial charge in [-0.1, -0.05) is 0 Å². The maximum atomic E-state index is 9.93. The molecule has 4 nitrogen and oxygen atoms in total. The SMILES string of the molecule is COc1ccc(OC)c([C@H](O)[C@@H](C)[NH3+])c1. The maximum Gasteiger partial charge on any atom is 0.134 e. The first-order valence-corrected chi connectivity index (χ1v) is 4.83. The van der Waals surface area contributed by atoms with E-state index in [2.05, 4.69) is 5.73 Å². The first kappa shape index (κ1) is 11.8. The van der Waals surface area contributed by atoms with Crippen molar-refractivity contribution in [1.29, 1.82) is 0 Å². The number of hydrogen-bond acceptors (Lipinski definition) is 3. The Morgan fingerprint density at radius 3 is 2.40 bits per heavy atom. The average Bonchev–Trinajstić information content (AvgIpc) is 2.27. The van der Waals surface area contributed by atoms with E-state index in [1.54, 1.807) is 32.4 Å². The topological polar surface area (TPSA) is 66.3 Å². The normalized spacial score (nSPS) is 14.5. The van der Waals surface area contributed by atoms with Gasteiger partial charge in [-0.15, -0.1) is 0 Å². The molecule has 0 unspecified atom stereocenters. The van der Waals surface area contributed by atoms with Gasteiger partial charge in [-0.2, -0.15) is 0 Å². The lowest BCUT2D eigenvalue weighted by molar-refractivity contribution is -0.433. The van der Waals surface area contributed by atoms with Crippen LogP contribution >= 0.6 is 0 Å². The Kier molecular flexibility index (Phi) is 3.94. The van der Waals surface area contributed by atoms with Gasteiger partial charge in [0.05, 0.1) is 14.2 Å². The van der Waals surface area contributed by atoms with Crippen molar-refractivity contribution in [2.45, 2.75) is 19.1 Å². The fraction of sp³-hybridized carbons (Fsp3) is 0.455. The summed E-state index contributed by atoms with van der Waals surface area (Å²) < 4.78 is 10.3. The van der Waals surface area contributed by atoms with E-state index in [0.29, 0.717) is 17.1 Å². The van der Waals surface area contributed by atoms with E-state index >= 15 is 0 Å². The number of aliphatic hydroxyl groups is 1. The zero-order valence-electron chi connectivity index (χ0n) is 9.36. The zero-order valence-corrected chi connectivity index (χ0v) is 9.36. The lowest BCUT2D eigenvalue weighted by Crippen LogP contribution is -2.61. The molecule has 0 bridgehead atoms. The smallest absolute Gasteiger partial charge is 0.134 e. The molecule has 0 aliphatic carbocycles. The second-order valence-electron chi connectivity index (χ2n) is 3.53. The number of aliphatic hydroxyl groups excluding tert-OH is 1. The van der Waals surface area contributed by atoms with E-state index < -0.39 is 6.10 Å². The fourth-order valence-electron chi connectivity index (χ4n) is 1.38. The minimum absolute atomic E-state index is 0.106. The monoisotopic (exact) mass is 212 g/mol. The Balaban J connectivity index is 3.11. The summed E-state index contributed by atoms with van der Waals surface area (Å²) in [6, 6.07) is 5.24. The highest BCUT2D eigenvalue weighted by atomic mass is 16.5. The molecule has 0 aliphatic heterocycles. The largest absolute Gasteiger partial charge is 0.497 e. The van der Waals surface area contributed by atoms with Gasteiger partial charge >= 0.3 is 0 Å². The standard InChI is InChI=1S/C11H17NO3/c1-7(12)11(13)9-6-8(14-2)4-5-10(9)15-3/h4-7,11,13H,12H2,1-3H3/p+1/t7-,11-/m1/s1. The van der Waals surface area contributed by atoms with Crippen LogP contribution in [0.5, 0.6) is 11.5 Å². The summed E-state index contributed by atoms with van der Waals surface area (Å²) in [5, 5.41) is 9.93. The summed E-state index contributed by atoms with van der Waals surface area (Å²) in [6.45, 7) is 1.85. The minimum atomic E-state index is -0.643. The quantitative estimate of drug-likeness (QED) is 0.757. The lowest BCUT2D eigenvalue weighted by Gasteiger charge is -2.16. The Bertz CT molecular complexity index is 326. The van der Waals surface area contributed by atoms with Crippen LogP contribution in [0, 0.1) is 0 Å². The van der Waals surface area contributed by atoms with Crippen molar-refractivity contribution in [2.75, 3.05) is 14.2 Å². The molecule has 0 aliphatic rings. The summed E-state index contributed by atoms with van der Waals surface area (Å²) in [6.07, 6.45) is -0.643. The highest BCUT2D eigenvalue weighted by molar-refractivity contribution is 5.41. The maximum absolute atomic E-state index is 9.93. The molecule has 1 aromatic carbocycles. The number of quaternary nitrogens is 1. The molecule has 0 saturated carbocycles. The van der Waals surface area contributed by atoms with Crippen LogP contribution in [0.1, 0.15) is 18.6 Å². The molecular weight excluding hydrogens is 194 g/mol. The van der Waals surface area contributed by atoms with Gasteiger partial charge in [-0.25, -0.2) is 0 Å². The molecule has 1 aromatic rings. The van der Waals surface area contributed by atoms with Gasteiger partial charge in [0.2, 0.25) is 0 Å².